The fourth-order valence-corrected chi connectivity index (χ4v) is 2.52. The van der Waals surface area contributed by atoms with E-state index in [9.17, 15) is 4.79 Å². The van der Waals surface area contributed by atoms with E-state index >= 15 is 0 Å². The summed E-state index contributed by atoms with van der Waals surface area (Å²) in [6, 6.07) is 4.32. The molecule has 0 aliphatic carbocycles. The second kappa shape index (κ2) is 7.22. The second-order valence-corrected chi connectivity index (χ2v) is 6.69. The molecule has 5 nitrogen and oxygen atoms in total. The first-order valence-electron chi connectivity index (χ1n) is 7.43. The van der Waals surface area contributed by atoms with Gasteiger partial charge in [0.15, 0.2) is 0 Å². The van der Waals surface area contributed by atoms with Crippen LogP contribution in [0.2, 0.25) is 0 Å². The number of anilines is 1. The van der Waals surface area contributed by atoms with Crippen molar-refractivity contribution < 1.29 is 9.53 Å². The number of nitrogens with one attached hydrogen (secondary N) is 1. The number of carbonyl (C=O) groups is 1. The highest BCUT2D eigenvalue weighted by Gasteiger charge is 2.29. The molecule has 1 N–H and O–H groups in total. The predicted molar refractivity (Wildman–Crippen MR) is 93.9 cm³/mol. The van der Waals surface area contributed by atoms with Gasteiger partial charge in [-0.1, -0.05) is 0 Å². The minimum atomic E-state index is -0.443. The largest absolute Gasteiger partial charge is 0.444 e. The summed E-state index contributed by atoms with van der Waals surface area (Å²) in [5, 5.41) is 3.48. The van der Waals surface area contributed by atoms with Crippen LogP contribution in [0.4, 0.5) is 10.5 Å². The lowest BCUT2D eigenvalue weighted by atomic mass is 10.2. The smallest absolute Gasteiger partial charge is 0.410 e. The number of aryl methyl sites for hydroxylation is 2. The highest BCUT2D eigenvalue weighted by Crippen LogP contribution is 2.19. The lowest BCUT2D eigenvalue weighted by molar-refractivity contribution is 0.0293. The summed E-state index contributed by atoms with van der Waals surface area (Å²) in [5.74, 6) is 0. The van der Waals surface area contributed by atoms with Gasteiger partial charge in [0, 0.05) is 36.2 Å². The SMILES string of the molecule is Cc1cc(N[C@H]2CCN(C(=O)OC(C)(C)C)C2)cc(C)n1.S. The van der Waals surface area contributed by atoms with E-state index in [-0.39, 0.29) is 25.6 Å². The zero-order valence-electron chi connectivity index (χ0n) is 14.1. The van der Waals surface area contributed by atoms with E-state index in [4.69, 9.17) is 4.74 Å². The molecule has 2 rings (SSSR count). The van der Waals surface area contributed by atoms with E-state index in [1.165, 1.54) is 0 Å². The van der Waals surface area contributed by atoms with Crippen LogP contribution in [0, 0.1) is 13.8 Å². The molecular weight excluding hydrogens is 298 g/mol. The maximum atomic E-state index is 12.0. The van der Waals surface area contributed by atoms with Gasteiger partial charge < -0.3 is 15.0 Å². The Morgan fingerprint density at radius 1 is 1.32 bits per heavy atom. The van der Waals surface area contributed by atoms with Gasteiger partial charge in [0.1, 0.15) is 5.60 Å². The van der Waals surface area contributed by atoms with Crippen LogP contribution in [0.3, 0.4) is 0 Å². The Hall–Kier alpha value is -1.43. The molecule has 2 heterocycles. The van der Waals surface area contributed by atoms with Gasteiger partial charge in [-0.15, -0.1) is 0 Å². The van der Waals surface area contributed by atoms with Crippen molar-refractivity contribution in [2.75, 3.05) is 18.4 Å². The lowest BCUT2D eigenvalue weighted by Gasteiger charge is -2.24. The Balaban J connectivity index is 0.00000242. The van der Waals surface area contributed by atoms with E-state index in [2.05, 4.69) is 10.3 Å². The van der Waals surface area contributed by atoms with E-state index in [1.54, 1.807) is 4.90 Å². The fourth-order valence-electron chi connectivity index (χ4n) is 2.52. The Bertz CT molecular complexity index is 508. The van der Waals surface area contributed by atoms with Crippen molar-refractivity contribution in [3.05, 3.63) is 23.5 Å². The fraction of sp³-hybridized carbons (Fsp3) is 0.625. The third kappa shape index (κ3) is 5.40. The molecule has 1 aromatic rings. The molecule has 0 saturated carbocycles. The molecule has 1 aliphatic heterocycles. The van der Waals surface area contributed by atoms with Crippen molar-refractivity contribution in [2.45, 2.75) is 52.7 Å². The van der Waals surface area contributed by atoms with Crippen LogP contribution in [0.1, 0.15) is 38.6 Å². The summed E-state index contributed by atoms with van der Waals surface area (Å²) in [6.45, 7) is 11.0. The number of aromatic nitrogens is 1. The second-order valence-electron chi connectivity index (χ2n) is 6.69. The topological polar surface area (TPSA) is 54.5 Å². The maximum Gasteiger partial charge on any atom is 0.410 e. The van der Waals surface area contributed by atoms with Crippen LogP contribution in [-0.2, 0) is 4.74 Å². The number of hydrogen-bond acceptors (Lipinski definition) is 4. The molecule has 0 aromatic carbocycles. The minimum Gasteiger partial charge on any atom is -0.444 e. The van der Waals surface area contributed by atoms with Crippen LogP contribution in [0.5, 0.6) is 0 Å². The highest BCUT2D eigenvalue weighted by molar-refractivity contribution is 7.59. The molecule has 1 aliphatic rings. The van der Waals surface area contributed by atoms with Crippen molar-refractivity contribution in [3.8, 4) is 0 Å². The van der Waals surface area contributed by atoms with Crippen LogP contribution in [0.25, 0.3) is 0 Å². The van der Waals surface area contributed by atoms with Crippen molar-refractivity contribution in [3.63, 3.8) is 0 Å². The van der Waals surface area contributed by atoms with Gasteiger partial charge in [-0.25, -0.2) is 4.79 Å². The summed E-state index contributed by atoms with van der Waals surface area (Å²) >= 11 is 0. The van der Waals surface area contributed by atoms with Gasteiger partial charge in [-0.2, -0.15) is 13.5 Å². The van der Waals surface area contributed by atoms with E-state index < -0.39 is 5.60 Å². The van der Waals surface area contributed by atoms with Crippen molar-refractivity contribution in [1.82, 2.24) is 9.88 Å². The molecule has 1 amide bonds. The molecule has 1 saturated heterocycles. The number of carbonyl (C=O) groups excluding carboxylic acids is 1. The highest BCUT2D eigenvalue weighted by atomic mass is 32.1. The summed E-state index contributed by atoms with van der Waals surface area (Å²) in [6.07, 6.45) is 0.702. The third-order valence-corrected chi connectivity index (χ3v) is 3.29. The Morgan fingerprint density at radius 3 is 2.45 bits per heavy atom. The average Bonchev–Trinajstić information content (AvgIpc) is 2.73. The zero-order chi connectivity index (χ0) is 15.6. The number of hydrogen-bond donors (Lipinski definition) is 1. The number of likely N-dealkylation sites (tertiary alicyclic amines) is 1. The van der Waals surface area contributed by atoms with Crippen molar-refractivity contribution in [2.24, 2.45) is 0 Å². The zero-order valence-corrected chi connectivity index (χ0v) is 15.1. The summed E-state index contributed by atoms with van der Waals surface area (Å²) in [4.78, 5) is 18.2. The normalized spacial score (nSPS) is 17.9. The summed E-state index contributed by atoms with van der Waals surface area (Å²) < 4.78 is 5.41. The number of rotatable bonds is 2. The third-order valence-electron chi connectivity index (χ3n) is 3.29. The van der Waals surface area contributed by atoms with Crippen molar-refractivity contribution in [1.29, 1.82) is 0 Å². The number of ether oxygens (including phenoxy) is 1. The minimum absolute atomic E-state index is 0. The maximum absolute atomic E-state index is 12.0. The number of amides is 1. The molecule has 1 aromatic heterocycles. The summed E-state index contributed by atoms with van der Waals surface area (Å²) in [7, 11) is 0. The van der Waals surface area contributed by atoms with Gasteiger partial charge in [-0.3, -0.25) is 4.98 Å². The molecule has 22 heavy (non-hydrogen) atoms. The first kappa shape index (κ1) is 18.6. The van der Waals surface area contributed by atoms with E-state index in [0.29, 0.717) is 6.54 Å². The van der Waals surface area contributed by atoms with Crippen LogP contribution in [-0.4, -0.2) is 40.7 Å². The molecular formula is C16H27N3O2S. The van der Waals surface area contributed by atoms with Gasteiger partial charge in [0.25, 0.3) is 0 Å². The monoisotopic (exact) mass is 325 g/mol. The van der Waals surface area contributed by atoms with Gasteiger partial charge in [0.05, 0.1) is 0 Å². The molecule has 0 unspecified atom stereocenters. The first-order valence-corrected chi connectivity index (χ1v) is 7.43. The van der Waals surface area contributed by atoms with E-state index in [0.717, 1.165) is 30.0 Å². The molecule has 6 heteroatoms. The molecule has 1 fully saturated rings. The van der Waals surface area contributed by atoms with E-state index in [1.807, 2.05) is 46.8 Å². The van der Waals surface area contributed by atoms with Crippen LogP contribution in [0.15, 0.2) is 12.1 Å². The molecule has 1 atom stereocenters. The first-order chi connectivity index (χ1) is 9.73. The number of pyridine rings is 1. The van der Waals surface area contributed by atoms with Crippen molar-refractivity contribution >= 4 is 25.3 Å². The van der Waals surface area contributed by atoms with Gasteiger partial charge in [-0.05, 0) is 53.2 Å². The van der Waals surface area contributed by atoms with Gasteiger partial charge >= 0.3 is 6.09 Å². The van der Waals surface area contributed by atoms with Crippen LogP contribution < -0.4 is 5.32 Å². The molecule has 124 valence electrons. The predicted octanol–water partition coefficient (Wildman–Crippen LogP) is 3.23. The Morgan fingerprint density at radius 2 is 1.91 bits per heavy atom. The van der Waals surface area contributed by atoms with Crippen LogP contribution >= 0.6 is 13.5 Å². The summed E-state index contributed by atoms with van der Waals surface area (Å²) in [5.41, 5.74) is 2.62. The average molecular weight is 325 g/mol. The standard InChI is InChI=1S/C16H25N3O2.H2S/c1-11-8-14(9-12(2)17-11)18-13-6-7-19(10-13)15(20)21-16(3,4)5;/h8-9,13H,6-7,10H2,1-5H3,(H,17,18);1H2/t13-;/m0./s1. The number of nitrogens with zero attached hydrogens (tertiary/aromatic N) is 2. The van der Waals surface area contributed by atoms with Gasteiger partial charge in [0.2, 0.25) is 0 Å². The molecule has 0 radical (unpaired) electrons. The Kier molecular flexibility index (Phi) is 6.11. The molecule has 0 bridgehead atoms. The lowest BCUT2D eigenvalue weighted by Crippen LogP contribution is -2.36. The molecule has 0 spiro atoms. The Labute approximate surface area is 139 Å². The quantitative estimate of drug-likeness (QED) is 0.907.